The molecule has 0 heterocycles. The fraction of sp³-hybridized carbons (Fsp3) is 0.300. The topological polar surface area (TPSA) is 55.4 Å². The second-order valence-electron chi connectivity index (χ2n) is 6.09. The van der Waals surface area contributed by atoms with Gasteiger partial charge in [-0.15, -0.1) is 11.8 Å². The maximum atomic E-state index is 12.5. The highest BCUT2D eigenvalue weighted by Crippen LogP contribution is 2.28. The van der Waals surface area contributed by atoms with Gasteiger partial charge in [-0.1, -0.05) is 54.1 Å². The average Bonchev–Trinajstić information content (AvgIpc) is 3.46. The van der Waals surface area contributed by atoms with Crippen molar-refractivity contribution in [2.45, 2.75) is 36.3 Å². The number of hydrogen-bond donors (Lipinski definition) is 1. The number of ether oxygens (including phenoxy) is 1. The van der Waals surface area contributed by atoms with E-state index in [1.807, 2.05) is 42.5 Å². The first kappa shape index (κ1) is 18.8. The van der Waals surface area contributed by atoms with Crippen molar-refractivity contribution >= 4 is 35.2 Å². The Morgan fingerprint density at radius 3 is 2.50 bits per heavy atom. The molecule has 1 saturated carbocycles. The van der Waals surface area contributed by atoms with E-state index in [0.717, 1.165) is 17.7 Å². The van der Waals surface area contributed by atoms with E-state index in [1.165, 1.54) is 11.8 Å². The van der Waals surface area contributed by atoms with Crippen LogP contribution in [0.25, 0.3) is 0 Å². The van der Waals surface area contributed by atoms with Gasteiger partial charge < -0.3 is 10.1 Å². The first-order valence-electron chi connectivity index (χ1n) is 8.55. The van der Waals surface area contributed by atoms with Gasteiger partial charge in [-0.25, -0.2) is 0 Å². The lowest BCUT2D eigenvalue weighted by Crippen LogP contribution is -2.33. The molecule has 0 spiro atoms. The van der Waals surface area contributed by atoms with Gasteiger partial charge in [-0.2, -0.15) is 0 Å². The average molecular weight is 390 g/mol. The summed E-state index contributed by atoms with van der Waals surface area (Å²) in [5.74, 6) is -0.121. The number of esters is 1. The summed E-state index contributed by atoms with van der Waals surface area (Å²) in [5.41, 5.74) is 0.678. The van der Waals surface area contributed by atoms with Crippen LogP contribution >= 0.6 is 23.4 Å². The van der Waals surface area contributed by atoms with Gasteiger partial charge in [0.1, 0.15) is 0 Å². The molecule has 2 aromatic carbocycles. The second-order valence-corrected chi connectivity index (χ2v) is 7.64. The van der Waals surface area contributed by atoms with Crippen molar-refractivity contribution in [1.29, 1.82) is 0 Å². The highest BCUT2D eigenvalue weighted by atomic mass is 35.5. The van der Waals surface area contributed by atoms with Crippen molar-refractivity contribution in [3.63, 3.8) is 0 Å². The smallest absolute Gasteiger partial charge is 0.307 e. The summed E-state index contributed by atoms with van der Waals surface area (Å²) in [6.45, 7) is 0. The van der Waals surface area contributed by atoms with E-state index in [4.69, 9.17) is 16.3 Å². The van der Waals surface area contributed by atoms with Crippen LogP contribution in [0.3, 0.4) is 0 Å². The minimum Gasteiger partial charge on any atom is -0.447 e. The van der Waals surface area contributed by atoms with Gasteiger partial charge in [-0.3, -0.25) is 9.59 Å². The number of nitrogens with one attached hydrogen (secondary N) is 1. The minimum absolute atomic E-state index is 0.204. The molecule has 1 amide bonds. The van der Waals surface area contributed by atoms with E-state index < -0.39 is 12.1 Å². The van der Waals surface area contributed by atoms with Gasteiger partial charge in [-0.05, 0) is 25.0 Å². The molecule has 0 aliphatic heterocycles. The Morgan fingerprint density at radius 2 is 1.81 bits per heavy atom. The van der Waals surface area contributed by atoms with Crippen LogP contribution in [0.4, 0.5) is 0 Å². The van der Waals surface area contributed by atoms with Crippen LogP contribution < -0.4 is 5.32 Å². The molecule has 0 saturated heterocycles. The summed E-state index contributed by atoms with van der Waals surface area (Å²) in [5, 5.41) is 3.57. The van der Waals surface area contributed by atoms with Crippen LogP contribution in [0.2, 0.25) is 5.02 Å². The molecule has 2 aromatic rings. The molecule has 6 heteroatoms. The Labute approximate surface area is 162 Å². The van der Waals surface area contributed by atoms with E-state index in [2.05, 4.69) is 5.32 Å². The normalized spacial score (nSPS) is 14.5. The van der Waals surface area contributed by atoms with Gasteiger partial charge >= 0.3 is 5.97 Å². The highest BCUT2D eigenvalue weighted by molar-refractivity contribution is 7.99. The maximum Gasteiger partial charge on any atom is 0.307 e. The predicted molar refractivity (Wildman–Crippen MR) is 103 cm³/mol. The lowest BCUT2D eigenvalue weighted by atomic mass is 10.1. The Morgan fingerprint density at radius 1 is 1.12 bits per heavy atom. The molecule has 1 unspecified atom stereocenters. The number of rotatable bonds is 8. The summed E-state index contributed by atoms with van der Waals surface area (Å²) in [6, 6.07) is 16.8. The first-order valence-corrected chi connectivity index (χ1v) is 9.92. The third-order valence-electron chi connectivity index (χ3n) is 3.91. The predicted octanol–water partition coefficient (Wildman–Crippen LogP) is 4.39. The van der Waals surface area contributed by atoms with Crippen molar-refractivity contribution in [2.75, 3.05) is 5.75 Å². The number of amides is 1. The van der Waals surface area contributed by atoms with E-state index in [9.17, 15) is 9.59 Å². The van der Waals surface area contributed by atoms with Gasteiger partial charge in [0.2, 0.25) is 6.10 Å². The van der Waals surface area contributed by atoms with Crippen LogP contribution in [0, 0.1) is 0 Å². The third-order valence-corrected chi connectivity index (χ3v) is 5.43. The summed E-state index contributed by atoms with van der Waals surface area (Å²) >= 11 is 7.60. The largest absolute Gasteiger partial charge is 0.447 e. The number of carbonyl (C=O) groups excluding carboxylic acids is 2. The number of carbonyl (C=O) groups is 2. The summed E-state index contributed by atoms with van der Waals surface area (Å²) in [4.78, 5) is 25.6. The van der Waals surface area contributed by atoms with Gasteiger partial charge in [0.25, 0.3) is 5.91 Å². The lowest BCUT2D eigenvalue weighted by molar-refractivity contribution is -0.156. The van der Waals surface area contributed by atoms with E-state index in [0.29, 0.717) is 16.3 Å². The number of thioether (sulfide) groups is 1. The van der Waals surface area contributed by atoms with Crippen LogP contribution in [0.5, 0.6) is 0 Å². The summed E-state index contributed by atoms with van der Waals surface area (Å²) < 4.78 is 5.50. The van der Waals surface area contributed by atoms with Crippen molar-refractivity contribution in [3.05, 3.63) is 65.2 Å². The molecule has 0 aromatic heterocycles. The SMILES string of the molecule is O=C(CCSc1ccccc1Cl)OC(C(=O)NC1CC1)c1ccccc1. The highest BCUT2D eigenvalue weighted by Gasteiger charge is 2.30. The zero-order valence-electron chi connectivity index (χ0n) is 14.2. The fourth-order valence-corrected chi connectivity index (χ4v) is 3.57. The molecule has 3 rings (SSSR count). The van der Waals surface area contributed by atoms with E-state index in [-0.39, 0.29) is 18.4 Å². The Balaban J connectivity index is 1.56. The summed E-state index contributed by atoms with van der Waals surface area (Å²) in [6.07, 6.45) is 1.26. The Kier molecular flexibility index (Phi) is 6.58. The van der Waals surface area contributed by atoms with Crippen molar-refractivity contribution < 1.29 is 14.3 Å². The van der Waals surface area contributed by atoms with Gasteiger partial charge in [0, 0.05) is 22.3 Å². The molecule has 0 radical (unpaired) electrons. The van der Waals surface area contributed by atoms with Crippen LogP contribution in [0.15, 0.2) is 59.5 Å². The molecule has 136 valence electrons. The minimum atomic E-state index is -0.908. The van der Waals surface area contributed by atoms with E-state index >= 15 is 0 Å². The molecule has 1 fully saturated rings. The molecule has 1 aliphatic rings. The van der Waals surface area contributed by atoms with Gasteiger partial charge in [0.05, 0.1) is 11.4 Å². The van der Waals surface area contributed by atoms with Gasteiger partial charge in [0.15, 0.2) is 0 Å². The van der Waals surface area contributed by atoms with Crippen molar-refractivity contribution in [2.24, 2.45) is 0 Å². The number of benzene rings is 2. The molecule has 4 nitrogen and oxygen atoms in total. The van der Waals surface area contributed by atoms with Crippen molar-refractivity contribution in [3.8, 4) is 0 Å². The zero-order valence-corrected chi connectivity index (χ0v) is 15.8. The third kappa shape index (κ3) is 5.51. The second kappa shape index (κ2) is 9.10. The quantitative estimate of drug-likeness (QED) is 0.537. The fourth-order valence-electron chi connectivity index (χ4n) is 2.40. The summed E-state index contributed by atoms with van der Waals surface area (Å²) in [7, 11) is 0. The molecular weight excluding hydrogens is 370 g/mol. The van der Waals surface area contributed by atoms with E-state index in [1.54, 1.807) is 12.1 Å². The molecule has 1 N–H and O–H groups in total. The molecule has 1 atom stereocenters. The Bertz CT molecular complexity index is 765. The number of halogens is 1. The lowest BCUT2D eigenvalue weighted by Gasteiger charge is -2.18. The molecule has 26 heavy (non-hydrogen) atoms. The maximum absolute atomic E-state index is 12.5. The van der Waals surface area contributed by atoms with Crippen molar-refractivity contribution in [1.82, 2.24) is 5.32 Å². The van der Waals surface area contributed by atoms with Crippen LogP contribution in [-0.2, 0) is 14.3 Å². The standard InChI is InChI=1S/C20H20ClNO3S/c21-16-8-4-5-9-17(16)26-13-12-18(23)25-19(14-6-2-1-3-7-14)20(24)22-15-10-11-15/h1-9,15,19H,10-13H2,(H,22,24). The first-order chi connectivity index (χ1) is 12.6. The molecular formula is C20H20ClNO3S. The number of hydrogen-bond acceptors (Lipinski definition) is 4. The Hall–Kier alpha value is -1.98. The monoisotopic (exact) mass is 389 g/mol. The van der Waals surface area contributed by atoms with Crippen LogP contribution in [0.1, 0.15) is 30.9 Å². The van der Waals surface area contributed by atoms with Crippen LogP contribution in [-0.4, -0.2) is 23.7 Å². The zero-order chi connectivity index (χ0) is 18.4. The molecule has 1 aliphatic carbocycles. The molecule has 0 bridgehead atoms.